The maximum absolute atomic E-state index is 11.7. The summed E-state index contributed by atoms with van der Waals surface area (Å²) in [7, 11) is -3.24. The first kappa shape index (κ1) is 10.3. The number of benzene rings is 1. The third-order valence-electron chi connectivity index (χ3n) is 2.75. The molecule has 0 atom stereocenters. The lowest BCUT2D eigenvalue weighted by molar-refractivity contribution is 0.602. The Labute approximate surface area is 98.2 Å². The van der Waals surface area contributed by atoms with E-state index < -0.39 is 9.84 Å². The Morgan fingerprint density at radius 3 is 2.76 bits per heavy atom. The van der Waals surface area contributed by atoms with Crippen LogP contribution in [0, 0.1) is 0 Å². The van der Waals surface area contributed by atoms with Crippen molar-refractivity contribution in [3.05, 3.63) is 36.5 Å². The van der Waals surface area contributed by atoms with Gasteiger partial charge >= 0.3 is 0 Å². The number of hydrogen-bond donors (Lipinski definition) is 1. The van der Waals surface area contributed by atoms with Crippen molar-refractivity contribution in [2.24, 2.45) is 0 Å². The zero-order chi connectivity index (χ0) is 12.0. The molecule has 0 aliphatic heterocycles. The van der Waals surface area contributed by atoms with Crippen molar-refractivity contribution in [3.63, 3.8) is 0 Å². The summed E-state index contributed by atoms with van der Waals surface area (Å²) in [6.45, 7) is 0. The molecular weight excluding hydrogens is 236 g/mol. The van der Waals surface area contributed by atoms with Gasteiger partial charge < -0.3 is 4.98 Å². The summed E-state index contributed by atoms with van der Waals surface area (Å²) in [5, 5.41) is 0.837. The Balaban J connectivity index is 2.57. The molecule has 1 aromatic carbocycles. The van der Waals surface area contributed by atoms with Gasteiger partial charge in [0.25, 0.3) is 0 Å². The van der Waals surface area contributed by atoms with E-state index in [2.05, 4.69) is 9.97 Å². The average molecular weight is 246 g/mol. The summed E-state index contributed by atoms with van der Waals surface area (Å²) >= 11 is 0. The second kappa shape index (κ2) is 3.30. The Kier molecular flexibility index (Phi) is 2.00. The van der Waals surface area contributed by atoms with Crippen molar-refractivity contribution < 1.29 is 8.42 Å². The van der Waals surface area contributed by atoms with E-state index >= 15 is 0 Å². The first-order valence-corrected chi connectivity index (χ1v) is 7.02. The van der Waals surface area contributed by atoms with Gasteiger partial charge in [0.1, 0.15) is 0 Å². The second-order valence-corrected chi connectivity index (χ2v) is 5.96. The van der Waals surface area contributed by atoms with E-state index in [0.717, 1.165) is 16.4 Å². The van der Waals surface area contributed by atoms with Gasteiger partial charge in [0, 0.05) is 17.8 Å². The highest BCUT2D eigenvalue weighted by Crippen LogP contribution is 2.28. The molecule has 3 aromatic rings. The molecule has 0 amide bonds. The lowest BCUT2D eigenvalue weighted by Crippen LogP contribution is -1.97. The van der Waals surface area contributed by atoms with Gasteiger partial charge in [-0.05, 0) is 18.2 Å². The summed E-state index contributed by atoms with van der Waals surface area (Å²) < 4.78 is 23.4. The Bertz CT molecular complexity index is 819. The Morgan fingerprint density at radius 2 is 2.00 bits per heavy atom. The van der Waals surface area contributed by atoms with E-state index in [1.165, 1.54) is 6.26 Å². The molecule has 5 heteroatoms. The van der Waals surface area contributed by atoms with Crippen molar-refractivity contribution in [2.45, 2.75) is 4.90 Å². The van der Waals surface area contributed by atoms with Gasteiger partial charge in [0.2, 0.25) is 0 Å². The summed E-state index contributed by atoms with van der Waals surface area (Å²) in [5.41, 5.74) is 2.27. The number of para-hydroxylation sites is 1. The summed E-state index contributed by atoms with van der Waals surface area (Å²) in [5.74, 6) is 0. The number of sulfone groups is 1. The molecule has 86 valence electrons. The van der Waals surface area contributed by atoms with Gasteiger partial charge in [-0.2, -0.15) is 0 Å². The van der Waals surface area contributed by atoms with Crippen LogP contribution in [-0.4, -0.2) is 24.6 Å². The Morgan fingerprint density at radius 1 is 1.18 bits per heavy atom. The third-order valence-corrected chi connectivity index (χ3v) is 3.89. The zero-order valence-electron chi connectivity index (χ0n) is 9.14. The first-order valence-electron chi connectivity index (χ1n) is 5.13. The molecule has 3 rings (SSSR count). The van der Waals surface area contributed by atoms with E-state index in [1.807, 2.05) is 18.2 Å². The minimum atomic E-state index is -3.24. The van der Waals surface area contributed by atoms with Crippen molar-refractivity contribution in [3.8, 4) is 0 Å². The summed E-state index contributed by atoms with van der Waals surface area (Å²) in [6, 6.07) is 8.91. The molecule has 0 saturated heterocycles. The van der Waals surface area contributed by atoms with Crippen molar-refractivity contribution in [1.82, 2.24) is 9.97 Å². The van der Waals surface area contributed by atoms with Crippen LogP contribution in [0.25, 0.3) is 21.9 Å². The number of rotatable bonds is 1. The van der Waals surface area contributed by atoms with Crippen LogP contribution in [0.2, 0.25) is 0 Å². The molecule has 0 spiro atoms. The molecule has 4 nitrogen and oxygen atoms in total. The van der Waals surface area contributed by atoms with E-state index in [0.29, 0.717) is 10.4 Å². The van der Waals surface area contributed by atoms with Crippen LogP contribution in [-0.2, 0) is 9.84 Å². The smallest absolute Gasteiger partial charge is 0.177 e. The number of aromatic nitrogens is 2. The van der Waals surface area contributed by atoms with Crippen molar-refractivity contribution in [1.29, 1.82) is 0 Å². The largest absolute Gasteiger partial charge is 0.352 e. The molecule has 0 fully saturated rings. The van der Waals surface area contributed by atoms with Gasteiger partial charge in [0.15, 0.2) is 9.84 Å². The predicted octanol–water partition coefficient (Wildman–Crippen LogP) is 2.12. The number of fused-ring (bicyclic) bond motifs is 3. The fourth-order valence-electron chi connectivity index (χ4n) is 2.02. The first-order chi connectivity index (χ1) is 8.07. The van der Waals surface area contributed by atoms with Gasteiger partial charge in [-0.1, -0.05) is 12.1 Å². The molecule has 0 saturated carbocycles. The maximum Gasteiger partial charge on any atom is 0.177 e. The molecule has 1 N–H and O–H groups in total. The zero-order valence-corrected chi connectivity index (χ0v) is 9.95. The van der Waals surface area contributed by atoms with Crippen LogP contribution in [0.15, 0.2) is 41.4 Å². The van der Waals surface area contributed by atoms with Gasteiger partial charge in [-0.15, -0.1) is 0 Å². The van der Waals surface area contributed by atoms with Crippen LogP contribution in [0.4, 0.5) is 0 Å². The predicted molar refractivity (Wildman–Crippen MR) is 66.7 cm³/mol. The van der Waals surface area contributed by atoms with Crippen LogP contribution in [0.1, 0.15) is 0 Å². The molecule has 0 bridgehead atoms. The van der Waals surface area contributed by atoms with Crippen LogP contribution in [0.5, 0.6) is 0 Å². The highest BCUT2D eigenvalue weighted by atomic mass is 32.2. The van der Waals surface area contributed by atoms with Crippen molar-refractivity contribution >= 4 is 31.8 Å². The van der Waals surface area contributed by atoms with Crippen LogP contribution < -0.4 is 0 Å². The number of nitrogens with zero attached hydrogens (tertiary/aromatic N) is 1. The minimum Gasteiger partial charge on any atom is -0.352 e. The number of hydrogen-bond acceptors (Lipinski definition) is 3. The molecule has 2 heterocycles. The van der Waals surface area contributed by atoms with Gasteiger partial charge in [-0.25, -0.2) is 8.42 Å². The lowest BCUT2D eigenvalue weighted by atomic mass is 10.2. The van der Waals surface area contributed by atoms with E-state index in [-0.39, 0.29) is 0 Å². The third kappa shape index (κ3) is 1.51. The molecule has 2 aromatic heterocycles. The summed E-state index contributed by atoms with van der Waals surface area (Å²) in [6.07, 6.45) is 2.91. The van der Waals surface area contributed by atoms with E-state index in [4.69, 9.17) is 0 Å². The monoisotopic (exact) mass is 246 g/mol. The maximum atomic E-state index is 11.7. The minimum absolute atomic E-state index is 0.313. The van der Waals surface area contributed by atoms with E-state index in [9.17, 15) is 8.42 Å². The fourth-order valence-corrected chi connectivity index (χ4v) is 2.88. The molecule has 0 aliphatic rings. The topological polar surface area (TPSA) is 62.8 Å². The molecule has 0 aliphatic carbocycles. The standard InChI is InChI=1S/C12H10N2O2S/c1-17(15,16)10-6-2-4-8-11-9(14-12(8)10)5-3-7-13-11/h2-7,14H,1H3. The Hall–Kier alpha value is -1.88. The molecular formula is C12H10N2O2S. The number of H-pyrrole nitrogens is 1. The lowest BCUT2D eigenvalue weighted by Gasteiger charge is -1.99. The normalized spacial score (nSPS) is 12.3. The second-order valence-electron chi connectivity index (χ2n) is 3.98. The van der Waals surface area contributed by atoms with E-state index in [1.54, 1.807) is 18.3 Å². The quantitative estimate of drug-likeness (QED) is 0.715. The van der Waals surface area contributed by atoms with Gasteiger partial charge in [0.05, 0.1) is 21.4 Å². The van der Waals surface area contributed by atoms with Crippen LogP contribution >= 0.6 is 0 Å². The molecule has 0 unspecified atom stereocenters. The number of pyridine rings is 1. The molecule has 0 radical (unpaired) electrons. The van der Waals surface area contributed by atoms with Crippen LogP contribution in [0.3, 0.4) is 0 Å². The SMILES string of the molecule is CS(=O)(=O)c1cccc2c1[nH]c1cccnc12. The average Bonchev–Trinajstić information content (AvgIpc) is 2.65. The number of aromatic amines is 1. The highest BCUT2D eigenvalue weighted by Gasteiger charge is 2.15. The number of nitrogens with one attached hydrogen (secondary N) is 1. The van der Waals surface area contributed by atoms with Crippen molar-refractivity contribution in [2.75, 3.05) is 6.26 Å². The summed E-state index contributed by atoms with van der Waals surface area (Å²) in [4.78, 5) is 7.69. The van der Waals surface area contributed by atoms with Gasteiger partial charge in [-0.3, -0.25) is 4.98 Å². The fraction of sp³-hybridized carbons (Fsp3) is 0.0833. The molecule has 17 heavy (non-hydrogen) atoms. The highest BCUT2D eigenvalue weighted by molar-refractivity contribution is 7.91.